The second-order valence-corrected chi connectivity index (χ2v) is 4.80. The van der Waals surface area contributed by atoms with E-state index in [1.807, 2.05) is 0 Å². The van der Waals surface area contributed by atoms with Crippen molar-refractivity contribution in [1.82, 2.24) is 9.88 Å². The highest BCUT2D eigenvalue weighted by Gasteiger charge is 2.17. The molecule has 0 fully saturated rings. The van der Waals surface area contributed by atoms with Crippen LogP contribution in [-0.2, 0) is 6.54 Å². The minimum absolute atomic E-state index is 0.0270. The smallest absolute Gasteiger partial charge is 0.255 e. The molecule has 0 atom stereocenters. The lowest BCUT2D eigenvalue weighted by molar-refractivity contribution is 0.0782. The van der Waals surface area contributed by atoms with Gasteiger partial charge in [0, 0.05) is 25.2 Å². The minimum atomic E-state index is -0.683. The largest absolute Gasteiger partial charge is 0.397 e. The van der Waals surface area contributed by atoms with E-state index in [0.29, 0.717) is 16.9 Å². The molecule has 0 spiro atoms. The number of nitrogen functional groups attached to an aromatic ring is 1. The molecule has 1 heterocycles. The van der Waals surface area contributed by atoms with Crippen molar-refractivity contribution in [3.05, 3.63) is 58.9 Å². The summed E-state index contributed by atoms with van der Waals surface area (Å²) in [6.07, 6.45) is 1.46. The normalized spacial score (nSPS) is 10.5. The molecule has 110 valence electrons. The van der Waals surface area contributed by atoms with E-state index in [0.717, 1.165) is 12.1 Å². The highest BCUT2D eigenvalue weighted by atomic mass is 19.1. The average molecular weight is 291 g/mol. The number of halogens is 2. The highest BCUT2D eigenvalue weighted by Crippen LogP contribution is 2.16. The quantitative estimate of drug-likeness (QED) is 0.945. The van der Waals surface area contributed by atoms with Crippen molar-refractivity contribution in [2.24, 2.45) is 0 Å². The van der Waals surface area contributed by atoms with Crippen LogP contribution >= 0.6 is 0 Å². The van der Waals surface area contributed by atoms with Gasteiger partial charge in [-0.15, -0.1) is 0 Å². The number of anilines is 1. The summed E-state index contributed by atoms with van der Waals surface area (Å²) in [5.74, 6) is -1.66. The molecule has 4 nitrogen and oxygen atoms in total. The number of hydrogen-bond acceptors (Lipinski definition) is 3. The summed E-state index contributed by atoms with van der Waals surface area (Å²) in [7, 11) is 1.54. The number of rotatable bonds is 3. The molecule has 2 rings (SSSR count). The predicted molar refractivity (Wildman–Crippen MR) is 75.5 cm³/mol. The van der Waals surface area contributed by atoms with Crippen LogP contribution in [0.3, 0.4) is 0 Å². The van der Waals surface area contributed by atoms with E-state index in [1.54, 1.807) is 6.92 Å². The number of hydrogen-bond donors (Lipinski definition) is 1. The molecular formula is C15H15F2N3O. The summed E-state index contributed by atoms with van der Waals surface area (Å²) in [6, 6.07) is 4.80. The number of nitrogens with zero attached hydrogens (tertiary/aromatic N) is 2. The van der Waals surface area contributed by atoms with Crippen LogP contribution in [0.5, 0.6) is 0 Å². The zero-order chi connectivity index (χ0) is 15.6. The summed E-state index contributed by atoms with van der Waals surface area (Å²) in [5.41, 5.74) is 7.14. The Bertz CT molecular complexity index is 689. The maximum absolute atomic E-state index is 13.6. The first-order chi connectivity index (χ1) is 9.88. The number of amides is 1. The SMILES string of the molecule is Cc1ncc(N)cc1C(=O)N(C)Cc1ccc(F)cc1F. The average Bonchev–Trinajstić information content (AvgIpc) is 2.43. The number of benzene rings is 1. The molecule has 0 aliphatic carbocycles. The lowest BCUT2D eigenvalue weighted by Gasteiger charge is -2.18. The molecule has 1 aromatic carbocycles. The van der Waals surface area contributed by atoms with E-state index >= 15 is 0 Å². The standard InChI is InChI=1S/C15H15F2N3O/c1-9-13(6-12(18)7-19-9)15(21)20(2)8-10-3-4-11(16)5-14(10)17/h3-7H,8,18H2,1-2H3. The Kier molecular flexibility index (Phi) is 4.16. The summed E-state index contributed by atoms with van der Waals surface area (Å²) in [4.78, 5) is 17.7. The van der Waals surface area contributed by atoms with Gasteiger partial charge in [-0.3, -0.25) is 9.78 Å². The van der Waals surface area contributed by atoms with Crippen molar-refractivity contribution in [3.8, 4) is 0 Å². The fourth-order valence-corrected chi connectivity index (χ4v) is 1.95. The Morgan fingerprint density at radius 2 is 2.05 bits per heavy atom. The number of aromatic nitrogens is 1. The number of aryl methyl sites for hydroxylation is 1. The fourth-order valence-electron chi connectivity index (χ4n) is 1.95. The van der Waals surface area contributed by atoms with Gasteiger partial charge in [0.05, 0.1) is 23.1 Å². The van der Waals surface area contributed by atoms with E-state index in [2.05, 4.69) is 4.98 Å². The van der Waals surface area contributed by atoms with Crippen LogP contribution in [0, 0.1) is 18.6 Å². The van der Waals surface area contributed by atoms with Gasteiger partial charge in [0.1, 0.15) is 11.6 Å². The van der Waals surface area contributed by atoms with Crippen LogP contribution in [-0.4, -0.2) is 22.8 Å². The Hall–Kier alpha value is -2.50. The van der Waals surface area contributed by atoms with Gasteiger partial charge in [0.15, 0.2) is 0 Å². The van der Waals surface area contributed by atoms with Crippen molar-refractivity contribution < 1.29 is 13.6 Å². The first-order valence-electron chi connectivity index (χ1n) is 6.30. The number of pyridine rings is 1. The maximum Gasteiger partial charge on any atom is 0.255 e. The fraction of sp³-hybridized carbons (Fsp3) is 0.200. The molecule has 1 amide bonds. The zero-order valence-electron chi connectivity index (χ0n) is 11.7. The Morgan fingerprint density at radius 1 is 1.33 bits per heavy atom. The van der Waals surface area contributed by atoms with Gasteiger partial charge >= 0.3 is 0 Å². The van der Waals surface area contributed by atoms with E-state index < -0.39 is 11.6 Å². The van der Waals surface area contributed by atoms with E-state index in [9.17, 15) is 13.6 Å². The van der Waals surface area contributed by atoms with Crippen LogP contribution in [0.25, 0.3) is 0 Å². The van der Waals surface area contributed by atoms with Crippen molar-refractivity contribution in [2.45, 2.75) is 13.5 Å². The van der Waals surface area contributed by atoms with Gasteiger partial charge in [0.25, 0.3) is 5.91 Å². The summed E-state index contributed by atoms with van der Waals surface area (Å²) >= 11 is 0. The molecule has 0 saturated heterocycles. The molecule has 0 aliphatic rings. The third kappa shape index (κ3) is 3.34. The summed E-state index contributed by atoms with van der Waals surface area (Å²) < 4.78 is 26.5. The lowest BCUT2D eigenvalue weighted by atomic mass is 10.1. The topological polar surface area (TPSA) is 59.2 Å². The van der Waals surface area contributed by atoms with Gasteiger partial charge < -0.3 is 10.6 Å². The number of carbonyl (C=O) groups is 1. The van der Waals surface area contributed by atoms with Crippen molar-refractivity contribution in [3.63, 3.8) is 0 Å². The van der Waals surface area contributed by atoms with Gasteiger partial charge in [-0.25, -0.2) is 8.78 Å². The zero-order valence-corrected chi connectivity index (χ0v) is 11.7. The molecule has 0 saturated carbocycles. The first kappa shape index (κ1) is 14.9. The van der Waals surface area contributed by atoms with Crippen LogP contribution in [0.2, 0.25) is 0 Å². The molecule has 0 bridgehead atoms. The Morgan fingerprint density at radius 3 is 2.71 bits per heavy atom. The third-order valence-corrected chi connectivity index (χ3v) is 3.11. The predicted octanol–water partition coefficient (Wildman–Crippen LogP) is 2.52. The minimum Gasteiger partial charge on any atom is -0.397 e. The maximum atomic E-state index is 13.6. The molecule has 6 heteroatoms. The van der Waals surface area contributed by atoms with Crippen LogP contribution in [0.1, 0.15) is 21.6 Å². The summed E-state index contributed by atoms with van der Waals surface area (Å²) in [6.45, 7) is 1.72. The highest BCUT2D eigenvalue weighted by molar-refractivity contribution is 5.95. The van der Waals surface area contributed by atoms with Crippen LogP contribution in [0.4, 0.5) is 14.5 Å². The van der Waals surface area contributed by atoms with Gasteiger partial charge in [0.2, 0.25) is 0 Å². The van der Waals surface area contributed by atoms with E-state index in [-0.39, 0.29) is 18.0 Å². The van der Waals surface area contributed by atoms with Crippen molar-refractivity contribution in [2.75, 3.05) is 12.8 Å². The van der Waals surface area contributed by atoms with Crippen LogP contribution < -0.4 is 5.73 Å². The van der Waals surface area contributed by atoms with Crippen molar-refractivity contribution >= 4 is 11.6 Å². The first-order valence-corrected chi connectivity index (χ1v) is 6.30. The molecule has 21 heavy (non-hydrogen) atoms. The second-order valence-electron chi connectivity index (χ2n) is 4.80. The number of carbonyl (C=O) groups excluding carboxylic acids is 1. The molecule has 0 aliphatic heterocycles. The third-order valence-electron chi connectivity index (χ3n) is 3.11. The van der Waals surface area contributed by atoms with Crippen LogP contribution in [0.15, 0.2) is 30.5 Å². The van der Waals surface area contributed by atoms with Gasteiger partial charge in [-0.05, 0) is 19.1 Å². The summed E-state index contributed by atoms with van der Waals surface area (Å²) in [5, 5.41) is 0. The van der Waals surface area contributed by atoms with Gasteiger partial charge in [-0.1, -0.05) is 6.07 Å². The molecule has 0 unspecified atom stereocenters. The monoisotopic (exact) mass is 291 g/mol. The van der Waals surface area contributed by atoms with E-state index in [4.69, 9.17) is 5.73 Å². The van der Waals surface area contributed by atoms with E-state index in [1.165, 1.54) is 30.3 Å². The Balaban J connectivity index is 2.21. The molecule has 2 N–H and O–H groups in total. The number of nitrogens with two attached hydrogens (primary N) is 1. The molecule has 0 radical (unpaired) electrons. The molecular weight excluding hydrogens is 276 g/mol. The second kappa shape index (κ2) is 5.87. The molecule has 2 aromatic rings. The Labute approximate surface area is 121 Å². The lowest BCUT2D eigenvalue weighted by Crippen LogP contribution is -2.27. The molecule has 1 aromatic heterocycles. The van der Waals surface area contributed by atoms with Crippen molar-refractivity contribution in [1.29, 1.82) is 0 Å². The van der Waals surface area contributed by atoms with Gasteiger partial charge in [-0.2, -0.15) is 0 Å².